The van der Waals surface area contributed by atoms with Gasteiger partial charge in [0.1, 0.15) is 6.21 Å². The monoisotopic (exact) mass is 186 g/mol. The van der Waals surface area contributed by atoms with Gasteiger partial charge in [-0.05, 0) is 33.5 Å². The van der Waals surface area contributed by atoms with E-state index >= 15 is 0 Å². The summed E-state index contributed by atoms with van der Waals surface area (Å²) < 4.78 is 0. The number of carbonyl (C=O) groups is 1. The number of unbranched alkanes of at least 4 members (excludes halogenated alkanes) is 2. The molecule has 4 heteroatoms. The highest BCUT2D eigenvalue weighted by Crippen LogP contribution is 2.00. The van der Waals surface area contributed by atoms with Crippen LogP contribution in [0.1, 0.15) is 25.7 Å². The fraction of sp³-hybridized carbons (Fsp3) is 0.778. The van der Waals surface area contributed by atoms with Crippen molar-refractivity contribution in [1.82, 2.24) is 4.90 Å². The standard InChI is InChI=1S/C9H18N2O2/c1-11(2)7-5-3-4-6-9(12)8-10-13/h8,13H,3-7H2,1-2H3/b10-8+. The van der Waals surface area contributed by atoms with Crippen molar-refractivity contribution in [2.75, 3.05) is 20.6 Å². The molecule has 4 nitrogen and oxygen atoms in total. The van der Waals surface area contributed by atoms with E-state index in [1.807, 2.05) is 14.1 Å². The number of carbonyl (C=O) groups excluding carboxylic acids is 1. The average Bonchev–Trinajstić information content (AvgIpc) is 2.03. The van der Waals surface area contributed by atoms with Crippen LogP contribution in [-0.2, 0) is 4.79 Å². The molecule has 0 amide bonds. The molecule has 13 heavy (non-hydrogen) atoms. The van der Waals surface area contributed by atoms with Gasteiger partial charge in [0.25, 0.3) is 0 Å². The number of ketones is 1. The molecular weight excluding hydrogens is 168 g/mol. The number of Topliss-reactive ketones (excluding diaryl/α,β-unsaturated/α-hetero) is 1. The molecule has 0 atom stereocenters. The van der Waals surface area contributed by atoms with E-state index in [1.54, 1.807) is 0 Å². The van der Waals surface area contributed by atoms with Crippen molar-refractivity contribution < 1.29 is 10.0 Å². The number of hydrogen-bond acceptors (Lipinski definition) is 4. The average molecular weight is 186 g/mol. The molecule has 0 fully saturated rings. The molecule has 0 bridgehead atoms. The van der Waals surface area contributed by atoms with E-state index in [4.69, 9.17) is 5.21 Å². The molecule has 0 heterocycles. The van der Waals surface area contributed by atoms with Gasteiger partial charge in [0.15, 0.2) is 5.78 Å². The Hall–Kier alpha value is -0.900. The zero-order chi connectivity index (χ0) is 10.1. The van der Waals surface area contributed by atoms with Crippen LogP contribution in [0.15, 0.2) is 5.16 Å². The van der Waals surface area contributed by atoms with Crippen molar-refractivity contribution in [2.45, 2.75) is 25.7 Å². The molecule has 0 aromatic heterocycles. The minimum absolute atomic E-state index is 0.104. The Morgan fingerprint density at radius 3 is 2.62 bits per heavy atom. The van der Waals surface area contributed by atoms with Gasteiger partial charge >= 0.3 is 0 Å². The molecule has 0 spiro atoms. The summed E-state index contributed by atoms with van der Waals surface area (Å²) in [5.41, 5.74) is 0. The minimum atomic E-state index is -0.104. The maximum absolute atomic E-state index is 10.8. The normalized spacial score (nSPS) is 11.3. The SMILES string of the molecule is CN(C)CCCCCC(=O)/C=N/O. The quantitative estimate of drug-likeness (QED) is 0.281. The predicted octanol–water partition coefficient (Wildman–Crippen LogP) is 1.14. The number of nitrogens with zero attached hydrogens (tertiary/aromatic N) is 2. The van der Waals surface area contributed by atoms with Crippen LogP contribution in [0, 0.1) is 0 Å². The van der Waals surface area contributed by atoms with E-state index in [0.29, 0.717) is 6.42 Å². The fourth-order valence-electron chi connectivity index (χ4n) is 1.03. The highest BCUT2D eigenvalue weighted by atomic mass is 16.4. The molecule has 0 aromatic carbocycles. The summed E-state index contributed by atoms with van der Waals surface area (Å²) in [6.45, 7) is 1.06. The molecule has 76 valence electrons. The Balaban J connectivity index is 3.21. The topological polar surface area (TPSA) is 52.9 Å². The second-order valence-electron chi connectivity index (χ2n) is 3.32. The first-order valence-corrected chi connectivity index (χ1v) is 4.52. The largest absolute Gasteiger partial charge is 0.411 e. The van der Waals surface area contributed by atoms with Crippen LogP contribution in [0.4, 0.5) is 0 Å². The fourth-order valence-corrected chi connectivity index (χ4v) is 1.03. The molecule has 0 aromatic rings. The molecule has 0 aliphatic rings. The van der Waals surface area contributed by atoms with Crippen LogP contribution in [0.2, 0.25) is 0 Å². The summed E-state index contributed by atoms with van der Waals surface area (Å²) in [4.78, 5) is 12.9. The Morgan fingerprint density at radius 1 is 1.38 bits per heavy atom. The lowest BCUT2D eigenvalue weighted by molar-refractivity contribution is -0.112. The summed E-state index contributed by atoms with van der Waals surface area (Å²) in [5, 5.41) is 10.7. The maximum atomic E-state index is 10.8. The van der Waals surface area contributed by atoms with Crippen molar-refractivity contribution in [3.63, 3.8) is 0 Å². The summed E-state index contributed by atoms with van der Waals surface area (Å²) in [7, 11) is 4.06. The highest BCUT2D eigenvalue weighted by molar-refractivity contribution is 6.27. The van der Waals surface area contributed by atoms with Gasteiger partial charge in [-0.15, -0.1) is 0 Å². The van der Waals surface area contributed by atoms with E-state index in [2.05, 4.69) is 10.1 Å². The van der Waals surface area contributed by atoms with Crippen LogP contribution in [-0.4, -0.2) is 42.7 Å². The zero-order valence-corrected chi connectivity index (χ0v) is 8.36. The molecule has 0 unspecified atom stereocenters. The van der Waals surface area contributed by atoms with Gasteiger partial charge in [-0.25, -0.2) is 0 Å². The van der Waals surface area contributed by atoms with Gasteiger partial charge in [-0.1, -0.05) is 11.6 Å². The van der Waals surface area contributed by atoms with Crippen LogP contribution < -0.4 is 0 Å². The lowest BCUT2D eigenvalue weighted by Gasteiger charge is -2.07. The summed E-state index contributed by atoms with van der Waals surface area (Å²) in [6.07, 6.45) is 4.47. The first kappa shape index (κ1) is 12.1. The van der Waals surface area contributed by atoms with Crippen molar-refractivity contribution >= 4 is 12.0 Å². The molecule has 1 N–H and O–H groups in total. The van der Waals surface area contributed by atoms with E-state index in [9.17, 15) is 4.79 Å². The van der Waals surface area contributed by atoms with Crippen LogP contribution >= 0.6 is 0 Å². The predicted molar refractivity (Wildman–Crippen MR) is 52.3 cm³/mol. The molecule has 0 saturated carbocycles. The van der Waals surface area contributed by atoms with Gasteiger partial charge in [-0.3, -0.25) is 4.79 Å². The van der Waals surface area contributed by atoms with Crippen molar-refractivity contribution in [2.24, 2.45) is 5.16 Å². The van der Waals surface area contributed by atoms with E-state index in [1.165, 1.54) is 0 Å². The van der Waals surface area contributed by atoms with Crippen molar-refractivity contribution in [3.8, 4) is 0 Å². The molecule has 0 rings (SSSR count). The lowest BCUT2D eigenvalue weighted by atomic mass is 10.1. The van der Waals surface area contributed by atoms with Gasteiger partial charge in [-0.2, -0.15) is 0 Å². The maximum Gasteiger partial charge on any atom is 0.177 e. The third-order valence-electron chi connectivity index (χ3n) is 1.73. The Morgan fingerprint density at radius 2 is 2.08 bits per heavy atom. The third-order valence-corrected chi connectivity index (χ3v) is 1.73. The molecule has 0 saturated heterocycles. The molecule has 0 radical (unpaired) electrons. The molecular formula is C9H18N2O2. The van der Waals surface area contributed by atoms with Crippen LogP contribution in [0.5, 0.6) is 0 Å². The number of rotatable bonds is 7. The molecule has 0 aliphatic heterocycles. The second kappa shape index (κ2) is 7.73. The van der Waals surface area contributed by atoms with Gasteiger partial charge in [0, 0.05) is 6.42 Å². The van der Waals surface area contributed by atoms with Crippen LogP contribution in [0.3, 0.4) is 0 Å². The third kappa shape index (κ3) is 9.01. The number of oxime groups is 1. The van der Waals surface area contributed by atoms with E-state index in [-0.39, 0.29) is 5.78 Å². The number of hydrogen-bond donors (Lipinski definition) is 1. The second-order valence-corrected chi connectivity index (χ2v) is 3.32. The van der Waals surface area contributed by atoms with E-state index < -0.39 is 0 Å². The van der Waals surface area contributed by atoms with Gasteiger partial charge in [0.2, 0.25) is 0 Å². The van der Waals surface area contributed by atoms with E-state index in [0.717, 1.165) is 32.0 Å². The van der Waals surface area contributed by atoms with Gasteiger partial charge in [0.05, 0.1) is 0 Å². The minimum Gasteiger partial charge on any atom is -0.411 e. The Bertz CT molecular complexity index is 167. The van der Waals surface area contributed by atoms with Crippen molar-refractivity contribution in [1.29, 1.82) is 0 Å². The highest BCUT2D eigenvalue weighted by Gasteiger charge is 1.97. The van der Waals surface area contributed by atoms with Crippen LogP contribution in [0.25, 0.3) is 0 Å². The summed E-state index contributed by atoms with van der Waals surface area (Å²) >= 11 is 0. The first-order valence-electron chi connectivity index (χ1n) is 4.52. The van der Waals surface area contributed by atoms with Gasteiger partial charge < -0.3 is 10.1 Å². The lowest BCUT2D eigenvalue weighted by Crippen LogP contribution is -2.12. The first-order chi connectivity index (χ1) is 6.16. The van der Waals surface area contributed by atoms with Crippen molar-refractivity contribution in [3.05, 3.63) is 0 Å². The summed E-state index contributed by atoms with van der Waals surface area (Å²) in [6, 6.07) is 0. The summed E-state index contributed by atoms with van der Waals surface area (Å²) in [5.74, 6) is -0.104. The Kier molecular flexibility index (Phi) is 7.20. The zero-order valence-electron chi connectivity index (χ0n) is 8.36. The smallest absolute Gasteiger partial charge is 0.177 e. The molecule has 0 aliphatic carbocycles. The Labute approximate surface area is 79.2 Å².